The van der Waals surface area contributed by atoms with Crippen LogP contribution in [0, 0.1) is 5.82 Å². The second-order valence-electron chi connectivity index (χ2n) is 9.86. The Morgan fingerprint density at radius 2 is 1.92 bits per heavy atom. The van der Waals surface area contributed by atoms with Crippen LogP contribution in [0.25, 0.3) is 0 Å². The quantitative estimate of drug-likeness (QED) is 0.387. The summed E-state index contributed by atoms with van der Waals surface area (Å²) in [6.45, 7) is 5.23. The van der Waals surface area contributed by atoms with E-state index in [9.17, 15) is 14.0 Å². The Kier molecular flexibility index (Phi) is 7.10. The maximum absolute atomic E-state index is 13.7. The fraction of sp³-hybridized carbons (Fsp3) is 0.379. The topological polar surface area (TPSA) is 49.9 Å². The summed E-state index contributed by atoms with van der Waals surface area (Å²) >= 11 is 1.71. The summed E-state index contributed by atoms with van der Waals surface area (Å²) in [6.07, 6.45) is 2.52. The molecule has 5 nitrogen and oxygen atoms in total. The van der Waals surface area contributed by atoms with Gasteiger partial charge in [-0.2, -0.15) is 0 Å². The van der Waals surface area contributed by atoms with Crippen LogP contribution < -0.4 is 4.74 Å². The molecule has 1 aliphatic heterocycles. The molecule has 2 aliphatic rings. The summed E-state index contributed by atoms with van der Waals surface area (Å²) in [5, 5.41) is 2.06. The first-order valence-electron chi connectivity index (χ1n) is 12.6. The van der Waals surface area contributed by atoms with Crippen LogP contribution in [0.2, 0.25) is 0 Å². The van der Waals surface area contributed by atoms with E-state index >= 15 is 0 Å². The van der Waals surface area contributed by atoms with Gasteiger partial charge in [0.25, 0.3) is 5.91 Å². The van der Waals surface area contributed by atoms with Crippen LogP contribution in [0.4, 0.5) is 4.39 Å². The van der Waals surface area contributed by atoms with Crippen molar-refractivity contribution in [3.63, 3.8) is 0 Å². The molecular formula is C29H31FN2O3S. The lowest BCUT2D eigenvalue weighted by molar-refractivity contribution is -0.135. The van der Waals surface area contributed by atoms with E-state index in [2.05, 4.69) is 37.4 Å². The van der Waals surface area contributed by atoms with Gasteiger partial charge in [0.15, 0.2) is 0 Å². The van der Waals surface area contributed by atoms with E-state index in [1.165, 1.54) is 28.6 Å². The minimum absolute atomic E-state index is 0.0148. The molecule has 1 aromatic heterocycles. The number of nitrogens with zero attached hydrogens (tertiary/aromatic N) is 2. The zero-order chi connectivity index (χ0) is 25.2. The van der Waals surface area contributed by atoms with Gasteiger partial charge in [-0.1, -0.05) is 32.0 Å². The fourth-order valence-electron chi connectivity index (χ4n) is 4.78. The Labute approximate surface area is 215 Å². The lowest BCUT2D eigenvalue weighted by Gasteiger charge is -2.37. The molecule has 3 aromatic rings. The molecule has 1 aliphatic carbocycles. The summed E-state index contributed by atoms with van der Waals surface area (Å²) in [6, 6.07) is 15.7. The normalized spacial score (nSPS) is 17.1. The van der Waals surface area contributed by atoms with Crippen molar-refractivity contribution in [3.8, 4) is 5.75 Å². The molecule has 0 N–H and O–H groups in total. The molecule has 1 saturated carbocycles. The third kappa shape index (κ3) is 5.31. The molecule has 1 atom stereocenters. The molecule has 0 spiro atoms. The number of rotatable bonds is 8. The average Bonchev–Trinajstić information content (AvgIpc) is 3.61. The summed E-state index contributed by atoms with van der Waals surface area (Å²) < 4.78 is 19.9. The zero-order valence-electron chi connectivity index (χ0n) is 20.7. The maximum atomic E-state index is 13.7. The van der Waals surface area contributed by atoms with Crippen molar-refractivity contribution in [2.24, 2.45) is 0 Å². The zero-order valence-corrected chi connectivity index (χ0v) is 21.5. The number of fused-ring (bicyclic) bond motifs is 1. The van der Waals surface area contributed by atoms with E-state index in [0.717, 1.165) is 30.6 Å². The van der Waals surface area contributed by atoms with E-state index in [0.29, 0.717) is 19.1 Å². The monoisotopic (exact) mass is 506 g/mol. The largest absolute Gasteiger partial charge is 0.491 e. The van der Waals surface area contributed by atoms with Gasteiger partial charge in [0.2, 0.25) is 5.91 Å². The van der Waals surface area contributed by atoms with Crippen molar-refractivity contribution in [2.45, 2.75) is 51.1 Å². The highest BCUT2D eigenvalue weighted by Gasteiger charge is 2.38. The smallest absolute Gasteiger partial charge is 0.254 e. The third-order valence-corrected chi connectivity index (χ3v) is 7.99. The van der Waals surface area contributed by atoms with Crippen molar-refractivity contribution < 1.29 is 18.7 Å². The lowest BCUT2D eigenvalue weighted by atomic mass is 10.00. The number of amides is 2. The van der Waals surface area contributed by atoms with Crippen molar-refractivity contribution in [3.05, 3.63) is 87.4 Å². The molecular weight excluding hydrogens is 475 g/mol. The van der Waals surface area contributed by atoms with Gasteiger partial charge in [-0.15, -0.1) is 11.3 Å². The highest BCUT2D eigenvalue weighted by molar-refractivity contribution is 7.10. The van der Waals surface area contributed by atoms with E-state index in [4.69, 9.17) is 4.74 Å². The number of benzene rings is 2. The molecule has 1 fully saturated rings. The minimum Gasteiger partial charge on any atom is -0.491 e. The summed E-state index contributed by atoms with van der Waals surface area (Å²) in [5.74, 6) is 0.366. The van der Waals surface area contributed by atoms with Crippen molar-refractivity contribution >= 4 is 23.2 Å². The van der Waals surface area contributed by atoms with Gasteiger partial charge in [0.1, 0.15) is 24.7 Å². The number of hydrogen-bond acceptors (Lipinski definition) is 4. The number of thiophene rings is 1. The molecule has 5 rings (SSSR count). The van der Waals surface area contributed by atoms with Crippen LogP contribution >= 0.6 is 11.3 Å². The molecule has 2 aromatic carbocycles. The van der Waals surface area contributed by atoms with Gasteiger partial charge in [-0.05, 0) is 78.1 Å². The van der Waals surface area contributed by atoms with E-state index in [1.807, 2.05) is 17.0 Å². The Hall–Kier alpha value is -3.19. The van der Waals surface area contributed by atoms with Crippen LogP contribution in [0.5, 0.6) is 5.75 Å². The van der Waals surface area contributed by atoms with E-state index < -0.39 is 5.82 Å². The molecule has 0 bridgehead atoms. The van der Waals surface area contributed by atoms with Gasteiger partial charge < -0.3 is 14.5 Å². The maximum Gasteiger partial charge on any atom is 0.254 e. The Morgan fingerprint density at radius 3 is 2.61 bits per heavy atom. The van der Waals surface area contributed by atoms with Gasteiger partial charge in [-0.25, -0.2) is 4.39 Å². The number of carbonyl (C=O) groups excluding carboxylic acids is 2. The van der Waals surface area contributed by atoms with Crippen LogP contribution in [-0.2, 0) is 11.2 Å². The first kappa shape index (κ1) is 24.5. The van der Waals surface area contributed by atoms with Gasteiger partial charge >= 0.3 is 0 Å². The van der Waals surface area contributed by atoms with Crippen molar-refractivity contribution in [2.75, 3.05) is 19.7 Å². The molecule has 2 heterocycles. The summed E-state index contributed by atoms with van der Waals surface area (Å²) in [7, 11) is 0. The number of halogens is 1. The van der Waals surface area contributed by atoms with E-state index in [1.54, 1.807) is 22.3 Å². The van der Waals surface area contributed by atoms with Crippen LogP contribution in [-0.4, -0.2) is 47.4 Å². The first-order chi connectivity index (χ1) is 17.4. The molecule has 1 unspecified atom stereocenters. The second kappa shape index (κ2) is 10.4. The molecule has 0 radical (unpaired) electrons. The van der Waals surface area contributed by atoms with Crippen molar-refractivity contribution in [1.82, 2.24) is 9.80 Å². The predicted octanol–water partition coefficient (Wildman–Crippen LogP) is 5.82. The van der Waals surface area contributed by atoms with Crippen LogP contribution in [0.15, 0.2) is 60.0 Å². The Balaban J connectivity index is 1.32. The molecule has 188 valence electrons. The number of carbonyl (C=O) groups is 2. The lowest BCUT2D eigenvalue weighted by Crippen LogP contribution is -2.48. The third-order valence-electron chi connectivity index (χ3n) is 7.00. The Morgan fingerprint density at radius 1 is 1.14 bits per heavy atom. The van der Waals surface area contributed by atoms with E-state index in [-0.39, 0.29) is 36.0 Å². The molecule has 36 heavy (non-hydrogen) atoms. The van der Waals surface area contributed by atoms with Gasteiger partial charge in [-0.3, -0.25) is 9.59 Å². The van der Waals surface area contributed by atoms with Crippen molar-refractivity contribution in [1.29, 1.82) is 0 Å². The van der Waals surface area contributed by atoms with Crippen LogP contribution in [0.3, 0.4) is 0 Å². The first-order valence-corrected chi connectivity index (χ1v) is 13.4. The highest BCUT2D eigenvalue weighted by atomic mass is 32.1. The highest BCUT2D eigenvalue weighted by Crippen LogP contribution is 2.35. The number of ether oxygens (including phenoxy) is 1. The minimum atomic E-state index is -0.456. The fourth-order valence-corrected chi connectivity index (χ4v) is 5.70. The van der Waals surface area contributed by atoms with Gasteiger partial charge in [0.05, 0.1) is 6.04 Å². The van der Waals surface area contributed by atoms with Crippen LogP contribution in [0.1, 0.15) is 65.0 Å². The molecule has 2 amide bonds. The number of hydrogen-bond donors (Lipinski definition) is 0. The molecule has 7 heteroatoms. The molecule has 0 saturated heterocycles. The second-order valence-corrected chi connectivity index (χ2v) is 10.9. The SMILES string of the molecule is CC(C)c1ccc(OCC2c3ccsc3CCN2C(=O)CN(C(=O)c2cccc(F)c2)C2CC2)cc1. The summed E-state index contributed by atoms with van der Waals surface area (Å²) in [4.78, 5) is 31.6. The Bertz CT molecular complexity index is 1240. The average molecular weight is 507 g/mol. The summed E-state index contributed by atoms with van der Waals surface area (Å²) in [5.41, 5.74) is 2.64. The van der Waals surface area contributed by atoms with Gasteiger partial charge in [0, 0.05) is 23.0 Å². The predicted molar refractivity (Wildman–Crippen MR) is 139 cm³/mol. The standard InChI is InChI=1S/C29H31FN2O3S/c1-19(2)20-6-10-24(11-7-20)35-18-26-25-13-15-36-27(25)12-14-31(26)28(33)17-32(23-8-9-23)29(34)21-4-3-5-22(30)16-21/h3-7,10-11,13,15-16,19,23,26H,8-9,12,14,17-18H2,1-2H3.